The van der Waals surface area contributed by atoms with Gasteiger partial charge in [-0.1, -0.05) is 66.7 Å². The molecule has 5 rings (SSSR count). The van der Waals surface area contributed by atoms with E-state index in [-0.39, 0.29) is 18.7 Å². The maximum Gasteiger partial charge on any atom is 0.335 e. The summed E-state index contributed by atoms with van der Waals surface area (Å²) < 4.78 is 6.39. The second kappa shape index (κ2) is 10.2. The number of carboxylic acid groups (broad SMARTS) is 1. The first-order chi connectivity index (χ1) is 18.3. The van der Waals surface area contributed by atoms with E-state index in [1.165, 1.54) is 23.6 Å². The number of H-pyrrole nitrogens is 1. The van der Waals surface area contributed by atoms with Gasteiger partial charge < -0.3 is 9.84 Å². The summed E-state index contributed by atoms with van der Waals surface area (Å²) in [7, 11) is 0. The van der Waals surface area contributed by atoms with Crippen LogP contribution in [0.15, 0.2) is 82.5 Å². The highest BCUT2D eigenvalue weighted by Gasteiger charge is 2.26. The lowest BCUT2D eigenvalue weighted by atomic mass is 9.83. The first-order valence-electron chi connectivity index (χ1n) is 12.0. The van der Waals surface area contributed by atoms with E-state index in [1.807, 2.05) is 60.7 Å². The Bertz CT molecular complexity index is 1660. The topological polar surface area (TPSA) is 118 Å². The van der Waals surface area contributed by atoms with Gasteiger partial charge in [0.1, 0.15) is 6.61 Å². The number of carbonyl (C=O) groups excluding carboxylic acids is 1. The van der Waals surface area contributed by atoms with Gasteiger partial charge in [0.15, 0.2) is 0 Å². The van der Waals surface area contributed by atoms with Gasteiger partial charge in [0.25, 0.3) is 5.56 Å². The molecule has 0 unspecified atom stereocenters. The Kier molecular flexibility index (Phi) is 6.62. The first kappa shape index (κ1) is 24.7. The molecule has 1 aliphatic carbocycles. The second-order valence-electron chi connectivity index (χ2n) is 9.12. The summed E-state index contributed by atoms with van der Waals surface area (Å²) in [4.78, 5) is 51.5. The minimum Gasteiger partial charge on any atom is -0.478 e. The predicted molar refractivity (Wildman–Crippen MR) is 142 cm³/mol. The fraction of sp³-hybridized carbons (Fsp3) is 0.133. The quantitative estimate of drug-likeness (QED) is 0.335. The number of nitrogens with one attached hydrogen (secondary N) is 1. The van der Waals surface area contributed by atoms with Crippen LogP contribution in [0.5, 0.6) is 0 Å². The van der Waals surface area contributed by atoms with E-state index in [4.69, 9.17) is 4.74 Å². The molecule has 38 heavy (non-hydrogen) atoms. The number of rotatable bonds is 6. The van der Waals surface area contributed by atoms with E-state index in [1.54, 1.807) is 12.3 Å². The van der Waals surface area contributed by atoms with Crippen molar-refractivity contribution >= 4 is 24.1 Å². The van der Waals surface area contributed by atoms with Gasteiger partial charge in [0, 0.05) is 24.6 Å². The molecule has 0 aliphatic heterocycles. The molecule has 0 atom stereocenters. The third kappa shape index (κ3) is 4.97. The maximum absolute atomic E-state index is 13.2. The van der Waals surface area contributed by atoms with Gasteiger partial charge in [0.2, 0.25) is 0 Å². The standard InChI is InChI=1S/C30H24N2O6/c1-18(33)38-17-20-12-19(13-23(14-20)29(35)36)15-32-16-26(28(34)31-30(32)37)27-24-8-4-2-6-21(24)10-11-22-7-3-5-9-25(22)27/h2-14,16,27H,15,17H2,1H3,(H,35,36)(H,31,34,37). The Morgan fingerprint density at radius 2 is 1.50 bits per heavy atom. The van der Waals surface area contributed by atoms with Crippen LogP contribution in [0.2, 0.25) is 0 Å². The third-order valence-electron chi connectivity index (χ3n) is 6.50. The zero-order valence-corrected chi connectivity index (χ0v) is 20.5. The molecule has 1 aromatic heterocycles. The fourth-order valence-corrected chi connectivity index (χ4v) is 4.82. The number of hydrogen-bond acceptors (Lipinski definition) is 5. The molecule has 3 aromatic carbocycles. The van der Waals surface area contributed by atoms with Crippen molar-refractivity contribution in [3.63, 3.8) is 0 Å². The van der Waals surface area contributed by atoms with Crippen LogP contribution in [-0.4, -0.2) is 26.6 Å². The van der Waals surface area contributed by atoms with E-state index in [9.17, 15) is 24.3 Å². The number of fused-ring (bicyclic) bond motifs is 2. The molecule has 0 fully saturated rings. The summed E-state index contributed by atoms with van der Waals surface area (Å²) in [5, 5.41) is 9.57. The number of aromatic nitrogens is 2. The van der Waals surface area contributed by atoms with Crippen LogP contribution in [0.1, 0.15) is 62.1 Å². The molecule has 0 saturated heterocycles. The van der Waals surface area contributed by atoms with Gasteiger partial charge in [-0.25, -0.2) is 9.59 Å². The van der Waals surface area contributed by atoms with Gasteiger partial charge in [-0.05, 0) is 45.5 Å². The molecule has 4 aromatic rings. The highest BCUT2D eigenvalue weighted by molar-refractivity contribution is 5.88. The van der Waals surface area contributed by atoms with Crippen molar-refractivity contribution in [1.29, 1.82) is 0 Å². The lowest BCUT2D eigenvalue weighted by Gasteiger charge is -2.21. The van der Waals surface area contributed by atoms with Crippen molar-refractivity contribution in [3.05, 3.63) is 138 Å². The van der Waals surface area contributed by atoms with Gasteiger partial charge in [0.05, 0.1) is 12.1 Å². The predicted octanol–water partition coefficient (Wildman–Crippen LogP) is 4.01. The number of carboxylic acids is 1. The number of aromatic amines is 1. The molecule has 8 heteroatoms. The number of benzene rings is 3. The van der Waals surface area contributed by atoms with Crippen molar-refractivity contribution in [2.75, 3.05) is 0 Å². The largest absolute Gasteiger partial charge is 0.478 e. The average Bonchev–Trinajstić information content (AvgIpc) is 3.06. The summed E-state index contributed by atoms with van der Waals surface area (Å²) in [6.07, 6.45) is 5.57. The van der Waals surface area contributed by atoms with Gasteiger partial charge in [-0.3, -0.25) is 19.1 Å². The van der Waals surface area contributed by atoms with E-state index >= 15 is 0 Å². The van der Waals surface area contributed by atoms with Crippen molar-refractivity contribution in [2.45, 2.75) is 26.0 Å². The van der Waals surface area contributed by atoms with Crippen molar-refractivity contribution in [2.24, 2.45) is 0 Å². The summed E-state index contributed by atoms with van der Waals surface area (Å²) in [5.74, 6) is -2.07. The Morgan fingerprint density at radius 1 is 0.895 bits per heavy atom. The van der Waals surface area contributed by atoms with Gasteiger partial charge in [-0.15, -0.1) is 0 Å². The van der Waals surface area contributed by atoms with Crippen molar-refractivity contribution in [3.8, 4) is 0 Å². The van der Waals surface area contributed by atoms with E-state index < -0.39 is 29.1 Å². The Balaban J connectivity index is 1.62. The van der Waals surface area contributed by atoms with Crippen LogP contribution in [0.25, 0.3) is 12.2 Å². The Labute approximate surface area is 217 Å². The minimum atomic E-state index is -1.15. The summed E-state index contributed by atoms with van der Waals surface area (Å²) >= 11 is 0. The van der Waals surface area contributed by atoms with E-state index in [2.05, 4.69) is 4.98 Å². The molecule has 1 heterocycles. The SMILES string of the molecule is CC(=O)OCc1cc(Cn2cc(C3c4ccccc4C=Cc4ccccc43)c(=O)[nH]c2=O)cc(C(=O)O)c1. The van der Waals surface area contributed by atoms with E-state index in [0.717, 1.165) is 22.3 Å². The number of carbonyl (C=O) groups is 2. The summed E-state index contributed by atoms with van der Waals surface area (Å²) in [5.41, 5.74) is 4.07. The highest BCUT2D eigenvalue weighted by Crippen LogP contribution is 2.37. The zero-order valence-electron chi connectivity index (χ0n) is 20.5. The van der Waals surface area contributed by atoms with Crippen LogP contribution in [-0.2, 0) is 22.7 Å². The van der Waals surface area contributed by atoms with Crippen molar-refractivity contribution in [1.82, 2.24) is 9.55 Å². The molecule has 0 bridgehead atoms. The molecule has 0 radical (unpaired) electrons. The molecular weight excluding hydrogens is 484 g/mol. The molecule has 190 valence electrons. The van der Waals surface area contributed by atoms with Crippen LogP contribution in [0.3, 0.4) is 0 Å². The normalized spacial score (nSPS) is 12.3. The molecule has 2 N–H and O–H groups in total. The minimum absolute atomic E-state index is 0.0000429. The Hall–Kier alpha value is -4.98. The molecule has 0 saturated carbocycles. The van der Waals surface area contributed by atoms with Crippen LogP contribution in [0.4, 0.5) is 0 Å². The summed E-state index contributed by atoms with van der Waals surface area (Å²) in [6, 6.07) is 20.2. The lowest BCUT2D eigenvalue weighted by molar-refractivity contribution is -0.142. The van der Waals surface area contributed by atoms with Gasteiger partial charge >= 0.3 is 17.6 Å². The average molecular weight is 509 g/mol. The van der Waals surface area contributed by atoms with Gasteiger partial charge in [-0.2, -0.15) is 0 Å². The third-order valence-corrected chi connectivity index (χ3v) is 6.50. The van der Waals surface area contributed by atoms with E-state index in [0.29, 0.717) is 16.7 Å². The number of aromatic carboxylic acids is 1. The van der Waals surface area contributed by atoms with Crippen LogP contribution < -0.4 is 11.2 Å². The number of esters is 1. The molecule has 8 nitrogen and oxygen atoms in total. The highest BCUT2D eigenvalue weighted by atomic mass is 16.5. The Morgan fingerprint density at radius 3 is 2.11 bits per heavy atom. The number of ether oxygens (including phenoxy) is 1. The fourth-order valence-electron chi connectivity index (χ4n) is 4.82. The van der Waals surface area contributed by atoms with Crippen LogP contribution >= 0.6 is 0 Å². The lowest BCUT2D eigenvalue weighted by Crippen LogP contribution is -2.33. The maximum atomic E-state index is 13.2. The first-order valence-corrected chi connectivity index (χ1v) is 12.0. The molecule has 1 aliphatic rings. The summed E-state index contributed by atoms with van der Waals surface area (Å²) in [6.45, 7) is 1.17. The molecular formula is C30H24N2O6. The number of nitrogens with zero attached hydrogens (tertiary/aromatic N) is 1. The van der Waals surface area contributed by atoms with Crippen LogP contribution in [0, 0.1) is 0 Å². The molecule has 0 spiro atoms. The second-order valence-corrected chi connectivity index (χ2v) is 9.12. The zero-order chi connectivity index (χ0) is 26.8. The molecule has 0 amide bonds. The van der Waals surface area contributed by atoms with Crippen molar-refractivity contribution < 1.29 is 19.4 Å². The monoisotopic (exact) mass is 508 g/mol. The number of hydrogen-bond donors (Lipinski definition) is 2. The smallest absolute Gasteiger partial charge is 0.335 e.